The standard InChI is InChI=1S/C11H14F2N2O3/c1-3-11(2,16)6-14-10-8(12)4-7(15(17)18)5-9(10)13/h4-5,14,16H,3,6H2,1-2H3. The van der Waals surface area contributed by atoms with Gasteiger partial charge in [-0.2, -0.15) is 0 Å². The predicted octanol–water partition coefficient (Wildman–Crippen LogP) is 2.45. The van der Waals surface area contributed by atoms with Crippen molar-refractivity contribution < 1.29 is 18.8 Å². The lowest BCUT2D eigenvalue weighted by atomic mass is 10.0. The molecule has 1 atom stereocenters. The number of rotatable bonds is 5. The maximum atomic E-state index is 13.5. The summed E-state index contributed by atoms with van der Waals surface area (Å²) in [6.45, 7) is 3.18. The second-order valence-electron chi connectivity index (χ2n) is 4.25. The Morgan fingerprint density at radius 1 is 1.44 bits per heavy atom. The molecule has 1 aromatic carbocycles. The Labute approximate surface area is 103 Å². The molecule has 18 heavy (non-hydrogen) atoms. The molecule has 0 spiro atoms. The topological polar surface area (TPSA) is 75.4 Å². The van der Waals surface area contributed by atoms with Gasteiger partial charge in [0.1, 0.15) is 5.69 Å². The van der Waals surface area contributed by atoms with Gasteiger partial charge < -0.3 is 10.4 Å². The van der Waals surface area contributed by atoms with Crippen LogP contribution in [-0.4, -0.2) is 22.2 Å². The molecule has 0 heterocycles. The number of nitrogens with one attached hydrogen (secondary N) is 1. The Balaban J connectivity index is 2.94. The summed E-state index contributed by atoms with van der Waals surface area (Å²) in [6.07, 6.45) is 0.399. The quantitative estimate of drug-likeness (QED) is 0.629. The van der Waals surface area contributed by atoms with Gasteiger partial charge in [0.15, 0.2) is 11.6 Å². The molecule has 0 aromatic heterocycles. The Hall–Kier alpha value is -1.76. The lowest BCUT2D eigenvalue weighted by Crippen LogP contribution is -2.32. The van der Waals surface area contributed by atoms with Crippen LogP contribution in [-0.2, 0) is 0 Å². The first-order valence-corrected chi connectivity index (χ1v) is 5.36. The van der Waals surface area contributed by atoms with Gasteiger partial charge in [0, 0.05) is 6.54 Å². The molecule has 0 radical (unpaired) electrons. The minimum Gasteiger partial charge on any atom is -0.388 e. The highest BCUT2D eigenvalue weighted by molar-refractivity contribution is 5.51. The van der Waals surface area contributed by atoms with Gasteiger partial charge in [-0.3, -0.25) is 10.1 Å². The number of non-ortho nitro benzene ring substituents is 1. The molecule has 0 aliphatic rings. The van der Waals surface area contributed by atoms with Crippen LogP contribution in [0.25, 0.3) is 0 Å². The van der Waals surface area contributed by atoms with Crippen molar-refractivity contribution in [3.05, 3.63) is 33.9 Å². The van der Waals surface area contributed by atoms with Gasteiger partial charge in [0.05, 0.1) is 22.7 Å². The third-order valence-electron chi connectivity index (χ3n) is 2.65. The maximum Gasteiger partial charge on any atom is 0.275 e. The molecule has 0 fully saturated rings. The first-order valence-electron chi connectivity index (χ1n) is 5.36. The zero-order chi connectivity index (χ0) is 13.9. The molecule has 0 saturated heterocycles. The van der Waals surface area contributed by atoms with Crippen LogP contribution < -0.4 is 5.32 Å². The molecule has 100 valence electrons. The molecular formula is C11H14F2N2O3. The van der Waals surface area contributed by atoms with Gasteiger partial charge >= 0.3 is 0 Å². The Morgan fingerprint density at radius 3 is 2.33 bits per heavy atom. The highest BCUT2D eigenvalue weighted by atomic mass is 19.1. The zero-order valence-corrected chi connectivity index (χ0v) is 10.0. The van der Waals surface area contributed by atoms with E-state index in [0.717, 1.165) is 0 Å². The molecule has 1 aromatic rings. The first-order chi connectivity index (χ1) is 8.26. The number of benzene rings is 1. The van der Waals surface area contributed by atoms with Crippen LogP contribution in [0.5, 0.6) is 0 Å². The van der Waals surface area contributed by atoms with Crippen molar-refractivity contribution in [1.82, 2.24) is 0 Å². The van der Waals surface area contributed by atoms with Crippen LogP contribution in [0.2, 0.25) is 0 Å². The van der Waals surface area contributed by atoms with E-state index in [1.807, 2.05) is 0 Å². The number of hydrogen-bond donors (Lipinski definition) is 2. The fraction of sp³-hybridized carbons (Fsp3) is 0.455. The van der Waals surface area contributed by atoms with E-state index >= 15 is 0 Å². The summed E-state index contributed by atoms with van der Waals surface area (Å²) in [4.78, 5) is 9.52. The first kappa shape index (κ1) is 14.3. The summed E-state index contributed by atoms with van der Waals surface area (Å²) in [5.41, 5.74) is -2.24. The fourth-order valence-electron chi connectivity index (χ4n) is 1.24. The number of anilines is 1. The smallest absolute Gasteiger partial charge is 0.275 e. The SMILES string of the molecule is CCC(C)(O)CNc1c(F)cc([N+](=O)[O-])cc1F. The van der Waals surface area contributed by atoms with Gasteiger partial charge in [-0.05, 0) is 13.3 Å². The van der Waals surface area contributed by atoms with Crippen molar-refractivity contribution >= 4 is 11.4 Å². The lowest BCUT2D eigenvalue weighted by molar-refractivity contribution is -0.385. The van der Waals surface area contributed by atoms with E-state index in [1.54, 1.807) is 6.92 Å². The largest absolute Gasteiger partial charge is 0.388 e. The average Bonchev–Trinajstić information content (AvgIpc) is 2.27. The van der Waals surface area contributed by atoms with Crippen LogP contribution in [0.1, 0.15) is 20.3 Å². The van der Waals surface area contributed by atoms with Gasteiger partial charge in [-0.1, -0.05) is 6.92 Å². The Bertz CT molecular complexity index is 441. The van der Waals surface area contributed by atoms with Crippen LogP contribution in [0.4, 0.5) is 20.2 Å². The number of halogens is 2. The number of nitro groups is 1. The van der Waals surface area contributed by atoms with E-state index in [1.165, 1.54) is 6.92 Å². The molecule has 0 aliphatic heterocycles. The minimum absolute atomic E-state index is 0.0604. The number of aliphatic hydroxyl groups is 1. The average molecular weight is 260 g/mol. The van der Waals surface area contributed by atoms with Gasteiger partial charge in [0.2, 0.25) is 0 Å². The molecular weight excluding hydrogens is 246 g/mol. The van der Waals surface area contributed by atoms with Gasteiger partial charge in [-0.15, -0.1) is 0 Å². The molecule has 1 rings (SSSR count). The second-order valence-corrected chi connectivity index (χ2v) is 4.25. The molecule has 7 heteroatoms. The summed E-state index contributed by atoms with van der Waals surface area (Å²) < 4.78 is 26.9. The molecule has 0 aliphatic carbocycles. The third kappa shape index (κ3) is 3.36. The van der Waals surface area contributed by atoms with E-state index in [9.17, 15) is 24.0 Å². The second kappa shape index (κ2) is 5.26. The molecule has 0 saturated carbocycles. The molecule has 5 nitrogen and oxygen atoms in total. The number of hydrogen-bond acceptors (Lipinski definition) is 4. The number of nitrogens with zero attached hydrogens (tertiary/aromatic N) is 1. The summed E-state index contributed by atoms with van der Waals surface area (Å²) in [6, 6.07) is 1.26. The van der Waals surface area contributed by atoms with Crippen molar-refractivity contribution in [2.75, 3.05) is 11.9 Å². The van der Waals surface area contributed by atoms with Crippen molar-refractivity contribution in [2.24, 2.45) is 0 Å². The van der Waals surface area contributed by atoms with Crippen molar-refractivity contribution in [1.29, 1.82) is 0 Å². The van der Waals surface area contributed by atoms with Gasteiger partial charge in [0.25, 0.3) is 5.69 Å². The van der Waals surface area contributed by atoms with Gasteiger partial charge in [-0.25, -0.2) is 8.78 Å². The van der Waals surface area contributed by atoms with Crippen molar-refractivity contribution in [3.8, 4) is 0 Å². The summed E-state index contributed by atoms with van der Waals surface area (Å²) in [5.74, 6) is -2.12. The molecule has 0 amide bonds. The number of nitro benzene ring substituents is 1. The maximum absolute atomic E-state index is 13.5. The van der Waals surface area contributed by atoms with E-state index in [-0.39, 0.29) is 6.54 Å². The van der Waals surface area contributed by atoms with Crippen molar-refractivity contribution in [3.63, 3.8) is 0 Å². The lowest BCUT2D eigenvalue weighted by Gasteiger charge is -2.22. The fourth-order valence-corrected chi connectivity index (χ4v) is 1.24. The molecule has 1 unspecified atom stereocenters. The molecule has 0 bridgehead atoms. The summed E-state index contributed by atoms with van der Waals surface area (Å²) >= 11 is 0. The predicted molar refractivity (Wildman–Crippen MR) is 62.4 cm³/mol. The highest BCUT2D eigenvalue weighted by Gasteiger charge is 2.21. The van der Waals surface area contributed by atoms with E-state index in [2.05, 4.69) is 5.32 Å². The zero-order valence-electron chi connectivity index (χ0n) is 10.0. The van der Waals surface area contributed by atoms with Crippen LogP contribution >= 0.6 is 0 Å². The third-order valence-corrected chi connectivity index (χ3v) is 2.65. The normalized spacial score (nSPS) is 14.1. The summed E-state index contributed by atoms with van der Waals surface area (Å²) in [5, 5.41) is 22.5. The molecule has 2 N–H and O–H groups in total. The summed E-state index contributed by atoms with van der Waals surface area (Å²) in [7, 11) is 0. The Morgan fingerprint density at radius 2 is 1.94 bits per heavy atom. The van der Waals surface area contributed by atoms with E-state index in [4.69, 9.17) is 0 Å². The van der Waals surface area contributed by atoms with Crippen LogP contribution in [0.15, 0.2) is 12.1 Å². The van der Waals surface area contributed by atoms with Crippen LogP contribution in [0, 0.1) is 21.7 Å². The highest BCUT2D eigenvalue weighted by Crippen LogP contribution is 2.25. The van der Waals surface area contributed by atoms with Crippen molar-refractivity contribution in [2.45, 2.75) is 25.9 Å². The minimum atomic E-state index is -1.11. The Kier molecular flexibility index (Phi) is 4.18. The van der Waals surface area contributed by atoms with E-state index < -0.39 is 33.5 Å². The monoisotopic (exact) mass is 260 g/mol. The van der Waals surface area contributed by atoms with E-state index in [0.29, 0.717) is 18.6 Å². The van der Waals surface area contributed by atoms with Crippen LogP contribution in [0.3, 0.4) is 0 Å².